The number of carbonyl (C=O) groups excluding carboxylic acids is 1. The SMILES string of the molecule is C[C@@]1(c2ccccc2-c2ccccc2)C[C@H]1C(=O)N1CC[C@@H](NS(C)(=O)=O)C1. The lowest BCUT2D eigenvalue weighted by Crippen LogP contribution is -2.38. The van der Waals surface area contributed by atoms with Crippen LogP contribution in [0.25, 0.3) is 11.1 Å². The van der Waals surface area contributed by atoms with Crippen molar-refractivity contribution in [3.8, 4) is 11.1 Å². The molecule has 2 aromatic carbocycles. The maximum absolute atomic E-state index is 13.1. The molecule has 0 aromatic heterocycles. The molecule has 1 saturated heterocycles. The summed E-state index contributed by atoms with van der Waals surface area (Å²) in [6, 6.07) is 18.4. The molecule has 3 atom stereocenters. The zero-order valence-corrected chi connectivity index (χ0v) is 17.1. The highest BCUT2D eigenvalue weighted by Gasteiger charge is 2.57. The molecule has 1 amide bonds. The van der Waals surface area contributed by atoms with Crippen LogP contribution in [0.2, 0.25) is 0 Å². The largest absolute Gasteiger partial charge is 0.341 e. The lowest BCUT2D eigenvalue weighted by atomic mass is 9.87. The molecule has 1 saturated carbocycles. The van der Waals surface area contributed by atoms with Crippen LogP contribution in [0.5, 0.6) is 0 Å². The number of carbonyl (C=O) groups is 1. The van der Waals surface area contributed by atoms with Gasteiger partial charge in [0.15, 0.2) is 0 Å². The first-order chi connectivity index (χ1) is 13.3. The quantitative estimate of drug-likeness (QED) is 0.842. The monoisotopic (exact) mass is 398 g/mol. The first-order valence-corrected chi connectivity index (χ1v) is 11.6. The maximum atomic E-state index is 13.1. The van der Waals surface area contributed by atoms with Crippen molar-refractivity contribution < 1.29 is 13.2 Å². The van der Waals surface area contributed by atoms with Crippen LogP contribution < -0.4 is 4.72 Å². The zero-order chi connectivity index (χ0) is 19.9. The van der Waals surface area contributed by atoms with E-state index in [1.165, 1.54) is 11.1 Å². The molecule has 6 heteroatoms. The minimum absolute atomic E-state index is 0.0469. The van der Waals surface area contributed by atoms with E-state index in [1.54, 1.807) is 0 Å². The van der Waals surface area contributed by atoms with E-state index in [2.05, 4.69) is 35.9 Å². The minimum Gasteiger partial charge on any atom is -0.341 e. The first kappa shape index (κ1) is 19.2. The second-order valence-corrected chi connectivity index (χ2v) is 10.0. The van der Waals surface area contributed by atoms with Crippen molar-refractivity contribution in [2.24, 2.45) is 5.92 Å². The number of nitrogens with zero attached hydrogens (tertiary/aromatic N) is 1. The fourth-order valence-corrected chi connectivity index (χ4v) is 5.25. The molecule has 1 heterocycles. The molecule has 2 aliphatic rings. The van der Waals surface area contributed by atoms with Crippen LogP contribution in [0.1, 0.15) is 25.3 Å². The fraction of sp³-hybridized carbons (Fsp3) is 0.409. The molecule has 2 aromatic rings. The van der Waals surface area contributed by atoms with E-state index < -0.39 is 10.0 Å². The molecule has 148 valence electrons. The van der Waals surface area contributed by atoms with Gasteiger partial charge in [-0.25, -0.2) is 13.1 Å². The van der Waals surface area contributed by atoms with Crippen LogP contribution in [0, 0.1) is 5.92 Å². The highest BCUT2D eigenvalue weighted by molar-refractivity contribution is 7.88. The molecule has 1 aliphatic carbocycles. The number of likely N-dealkylation sites (tertiary alicyclic amines) is 1. The topological polar surface area (TPSA) is 66.5 Å². The van der Waals surface area contributed by atoms with Gasteiger partial charge in [0.1, 0.15) is 0 Å². The van der Waals surface area contributed by atoms with Crippen LogP contribution in [0.4, 0.5) is 0 Å². The lowest BCUT2D eigenvalue weighted by Gasteiger charge is -2.21. The Balaban J connectivity index is 1.52. The summed E-state index contributed by atoms with van der Waals surface area (Å²) in [7, 11) is -3.25. The molecule has 1 N–H and O–H groups in total. The van der Waals surface area contributed by atoms with Crippen LogP contribution >= 0.6 is 0 Å². The van der Waals surface area contributed by atoms with Gasteiger partial charge in [-0.1, -0.05) is 61.5 Å². The zero-order valence-electron chi connectivity index (χ0n) is 16.3. The van der Waals surface area contributed by atoms with Crippen LogP contribution in [-0.2, 0) is 20.2 Å². The van der Waals surface area contributed by atoms with E-state index >= 15 is 0 Å². The molecule has 4 rings (SSSR count). The van der Waals surface area contributed by atoms with Gasteiger partial charge in [0, 0.05) is 30.5 Å². The molecule has 28 heavy (non-hydrogen) atoms. The summed E-state index contributed by atoms with van der Waals surface area (Å²) in [4.78, 5) is 14.9. The summed E-state index contributed by atoms with van der Waals surface area (Å²) in [5.41, 5.74) is 3.38. The standard InChI is InChI=1S/C22H26N2O3S/c1-22(19-11-7-6-10-18(19)16-8-4-3-5-9-16)14-20(22)21(25)24-13-12-17(15-24)23-28(2,26)27/h3-11,17,20,23H,12-15H2,1-2H3/t17-,20+,22+/m1/s1. The molecule has 2 fully saturated rings. The van der Waals surface area contributed by atoms with Crippen LogP contribution in [0.3, 0.4) is 0 Å². The number of hydrogen-bond donors (Lipinski definition) is 1. The average molecular weight is 399 g/mol. The highest BCUT2D eigenvalue weighted by Crippen LogP contribution is 2.57. The number of sulfonamides is 1. The van der Waals surface area contributed by atoms with Gasteiger partial charge < -0.3 is 4.90 Å². The molecule has 5 nitrogen and oxygen atoms in total. The van der Waals surface area contributed by atoms with Gasteiger partial charge in [-0.05, 0) is 29.5 Å². The van der Waals surface area contributed by atoms with E-state index in [0.29, 0.717) is 19.5 Å². The van der Waals surface area contributed by atoms with Crippen molar-refractivity contribution in [2.75, 3.05) is 19.3 Å². The molecular formula is C22H26N2O3S. The predicted octanol–water partition coefficient (Wildman–Crippen LogP) is 2.78. The molecule has 0 bridgehead atoms. The lowest BCUT2D eigenvalue weighted by molar-refractivity contribution is -0.132. The van der Waals surface area contributed by atoms with Gasteiger partial charge in [-0.2, -0.15) is 0 Å². The van der Waals surface area contributed by atoms with Gasteiger partial charge in [0.25, 0.3) is 0 Å². The number of hydrogen-bond acceptors (Lipinski definition) is 3. The third-order valence-corrected chi connectivity index (χ3v) is 6.80. The maximum Gasteiger partial charge on any atom is 0.226 e. The van der Waals surface area contributed by atoms with Crippen molar-refractivity contribution in [2.45, 2.75) is 31.2 Å². The van der Waals surface area contributed by atoms with Crippen molar-refractivity contribution in [3.05, 3.63) is 60.2 Å². The number of benzene rings is 2. The smallest absolute Gasteiger partial charge is 0.226 e. The third-order valence-electron chi connectivity index (χ3n) is 6.04. The van der Waals surface area contributed by atoms with Crippen molar-refractivity contribution in [1.29, 1.82) is 0 Å². The number of rotatable bonds is 5. The summed E-state index contributed by atoms with van der Waals surface area (Å²) in [5.74, 6) is 0.0949. The first-order valence-electron chi connectivity index (χ1n) is 9.69. The van der Waals surface area contributed by atoms with Gasteiger partial charge in [-0.15, -0.1) is 0 Å². The molecular weight excluding hydrogens is 372 g/mol. The normalized spacial score (nSPS) is 27.0. The second-order valence-electron chi connectivity index (χ2n) is 8.25. The Morgan fingerprint density at radius 2 is 1.79 bits per heavy atom. The van der Waals surface area contributed by atoms with E-state index in [4.69, 9.17) is 0 Å². The van der Waals surface area contributed by atoms with E-state index in [0.717, 1.165) is 18.2 Å². The van der Waals surface area contributed by atoms with Crippen molar-refractivity contribution in [3.63, 3.8) is 0 Å². The van der Waals surface area contributed by atoms with Crippen LogP contribution in [0.15, 0.2) is 54.6 Å². The van der Waals surface area contributed by atoms with Gasteiger partial charge in [0.05, 0.1) is 6.26 Å². The summed E-state index contributed by atoms with van der Waals surface area (Å²) in [6.07, 6.45) is 2.66. The minimum atomic E-state index is -3.25. The predicted molar refractivity (Wildman–Crippen MR) is 110 cm³/mol. The molecule has 0 spiro atoms. The third kappa shape index (κ3) is 3.71. The Bertz CT molecular complexity index is 990. The Kier molecular flexibility index (Phi) is 4.79. The molecule has 0 radical (unpaired) electrons. The fourth-order valence-electron chi connectivity index (χ4n) is 4.45. The van der Waals surface area contributed by atoms with Crippen LogP contribution in [-0.4, -0.2) is 44.6 Å². The average Bonchev–Trinajstić information content (AvgIpc) is 3.15. The van der Waals surface area contributed by atoms with E-state index in [-0.39, 0.29) is 23.3 Å². The summed E-state index contributed by atoms with van der Waals surface area (Å²) >= 11 is 0. The van der Waals surface area contributed by atoms with Crippen molar-refractivity contribution in [1.82, 2.24) is 9.62 Å². The Morgan fingerprint density at radius 3 is 2.50 bits per heavy atom. The summed E-state index contributed by atoms with van der Waals surface area (Å²) in [6.45, 7) is 3.23. The van der Waals surface area contributed by atoms with Gasteiger partial charge >= 0.3 is 0 Å². The summed E-state index contributed by atoms with van der Waals surface area (Å²) < 4.78 is 25.5. The Hall–Kier alpha value is -2.18. The Morgan fingerprint density at radius 1 is 1.11 bits per heavy atom. The second kappa shape index (κ2) is 7.01. The van der Waals surface area contributed by atoms with Gasteiger partial charge in [-0.3, -0.25) is 4.79 Å². The molecule has 0 unspecified atom stereocenters. The highest BCUT2D eigenvalue weighted by atomic mass is 32.2. The number of amides is 1. The van der Waals surface area contributed by atoms with E-state index in [9.17, 15) is 13.2 Å². The molecule has 1 aliphatic heterocycles. The summed E-state index contributed by atoms with van der Waals surface area (Å²) in [5, 5.41) is 0. The Labute approximate surface area is 166 Å². The van der Waals surface area contributed by atoms with Crippen molar-refractivity contribution >= 4 is 15.9 Å². The van der Waals surface area contributed by atoms with E-state index in [1.807, 2.05) is 35.2 Å². The number of nitrogens with one attached hydrogen (secondary N) is 1. The van der Waals surface area contributed by atoms with Gasteiger partial charge in [0.2, 0.25) is 15.9 Å².